The number of hydrogen-bond donors (Lipinski definition) is 4. The first-order valence-corrected chi connectivity index (χ1v) is 7.10. The average Bonchev–Trinajstić information content (AvgIpc) is 2.32. The summed E-state index contributed by atoms with van der Waals surface area (Å²) in [6.07, 6.45) is 0.984. The van der Waals surface area contributed by atoms with Gasteiger partial charge in [-0.25, -0.2) is 0 Å². The Morgan fingerprint density at radius 2 is 1.78 bits per heavy atom. The third-order valence-electron chi connectivity index (χ3n) is 1.83. The van der Waals surface area contributed by atoms with E-state index < -0.39 is 35.1 Å². The van der Waals surface area contributed by atoms with Crippen LogP contribution in [0.2, 0.25) is 0 Å². The average molecular weight is 294 g/mol. The molecular weight excluding hydrogens is 280 g/mol. The highest BCUT2D eigenvalue weighted by Crippen LogP contribution is 2.29. The molecule has 0 aliphatic heterocycles. The van der Waals surface area contributed by atoms with Crippen LogP contribution >= 0.6 is 21.6 Å². The normalized spacial score (nSPS) is 15.4. The van der Waals surface area contributed by atoms with Gasteiger partial charge in [0, 0.05) is 5.75 Å². The van der Waals surface area contributed by atoms with E-state index in [1.807, 2.05) is 0 Å². The van der Waals surface area contributed by atoms with E-state index in [1.165, 1.54) is 0 Å². The van der Waals surface area contributed by atoms with Gasteiger partial charge >= 0.3 is 11.9 Å². The molecule has 102 valence electrons. The summed E-state index contributed by atoms with van der Waals surface area (Å²) in [6, 6.07) is -2.46. The molecule has 9 heteroatoms. The minimum atomic E-state index is -1.38. The first-order valence-electron chi connectivity index (χ1n) is 4.72. The molecule has 0 rings (SSSR count). The van der Waals surface area contributed by atoms with E-state index in [1.54, 1.807) is 0 Å². The van der Waals surface area contributed by atoms with Gasteiger partial charge in [0.25, 0.3) is 0 Å². The second-order valence-electron chi connectivity index (χ2n) is 3.22. The number of carbonyl (C=O) groups excluding carboxylic acids is 1. The number of rotatable bonds is 9. The van der Waals surface area contributed by atoms with Gasteiger partial charge in [-0.1, -0.05) is 28.2 Å². The second kappa shape index (κ2) is 8.14. The van der Waals surface area contributed by atoms with Crippen LogP contribution in [-0.4, -0.2) is 51.0 Å². The van der Waals surface area contributed by atoms with Crippen molar-refractivity contribution in [1.29, 1.82) is 0 Å². The summed E-state index contributed by atoms with van der Waals surface area (Å²) in [4.78, 5) is 32.6. The summed E-state index contributed by atoms with van der Waals surface area (Å²) in [6.45, 7) is 3.26. The minimum Gasteiger partial charge on any atom is -0.480 e. The molecule has 0 spiro atoms. The quantitative estimate of drug-likeness (QED) is 0.321. The smallest absolute Gasteiger partial charge is 0.322 e. The van der Waals surface area contributed by atoms with Gasteiger partial charge in [0.05, 0.1) is 0 Å². The molecule has 3 unspecified atom stereocenters. The van der Waals surface area contributed by atoms with E-state index in [9.17, 15) is 14.4 Å². The zero-order chi connectivity index (χ0) is 14.3. The van der Waals surface area contributed by atoms with Crippen molar-refractivity contribution in [3.8, 4) is 0 Å². The fourth-order valence-corrected chi connectivity index (χ4v) is 3.49. The molecule has 0 amide bonds. The van der Waals surface area contributed by atoms with Crippen molar-refractivity contribution in [2.24, 2.45) is 11.5 Å². The number of nitrogens with two attached hydrogens (primary N) is 2. The molecule has 18 heavy (non-hydrogen) atoms. The van der Waals surface area contributed by atoms with Crippen LogP contribution in [-0.2, 0) is 14.4 Å². The number of hydrogen-bond acceptors (Lipinski definition) is 7. The molecule has 0 aromatic heterocycles. The summed E-state index contributed by atoms with van der Waals surface area (Å²) in [7, 11) is 1.87. The highest BCUT2D eigenvalue weighted by molar-refractivity contribution is 8.77. The van der Waals surface area contributed by atoms with Crippen LogP contribution < -0.4 is 11.5 Å². The number of ketones is 1. The molecule has 0 bridgehead atoms. The van der Waals surface area contributed by atoms with Crippen molar-refractivity contribution in [1.82, 2.24) is 0 Å². The van der Waals surface area contributed by atoms with Crippen LogP contribution in [0, 0.1) is 0 Å². The summed E-state index contributed by atoms with van der Waals surface area (Å²) < 4.78 is 0. The third kappa shape index (κ3) is 5.54. The van der Waals surface area contributed by atoms with Crippen LogP contribution in [0.25, 0.3) is 0 Å². The number of aliphatic carboxylic acids is 2. The van der Waals surface area contributed by atoms with Crippen LogP contribution in [0.5, 0.6) is 0 Å². The van der Waals surface area contributed by atoms with Crippen molar-refractivity contribution < 1.29 is 24.6 Å². The zero-order valence-electron chi connectivity index (χ0n) is 9.31. The second-order valence-corrected chi connectivity index (χ2v) is 5.77. The Kier molecular flexibility index (Phi) is 7.67. The molecule has 0 aliphatic rings. The number of allylic oxidation sites excluding steroid dienone is 1. The number of carbonyl (C=O) groups is 3. The third-order valence-corrected chi connectivity index (χ3v) is 4.63. The van der Waals surface area contributed by atoms with Crippen LogP contribution in [0.1, 0.15) is 0 Å². The van der Waals surface area contributed by atoms with Crippen molar-refractivity contribution in [3.63, 3.8) is 0 Å². The fraction of sp³-hybridized carbons (Fsp3) is 0.444. The Morgan fingerprint density at radius 1 is 1.22 bits per heavy atom. The van der Waals surface area contributed by atoms with Crippen molar-refractivity contribution in [2.75, 3.05) is 5.75 Å². The molecule has 0 aromatic rings. The Labute approximate surface area is 111 Å². The maximum atomic E-state index is 11.4. The van der Waals surface area contributed by atoms with E-state index >= 15 is 0 Å². The Morgan fingerprint density at radius 3 is 2.17 bits per heavy atom. The van der Waals surface area contributed by atoms with Gasteiger partial charge in [-0.15, -0.1) is 0 Å². The lowest BCUT2D eigenvalue weighted by atomic mass is 10.1. The fourth-order valence-electron chi connectivity index (χ4n) is 0.787. The van der Waals surface area contributed by atoms with E-state index in [0.29, 0.717) is 0 Å². The van der Waals surface area contributed by atoms with E-state index in [0.717, 1.165) is 27.7 Å². The SMILES string of the molecule is C=CC(=O)C(SSCC(N)C(=O)O)C(N)C(=O)O. The maximum absolute atomic E-state index is 11.4. The highest BCUT2D eigenvalue weighted by atomic mass is 33.1. The molecule has 0 heterocycles. The van der Waals surface area contributed by atoms with Crippen LogP contribution in [0.15, 0.2) is 12.7 Å². The van der Waals surface area contributed by atoms with Gasteiger partial charge in [-0.3, -0.25) is 14.4 Å². The Balaban J connectivity index is 4.44. The molecule has 0 saturated carbocycles. The summed E-state index contributed by atoms with van der Waals surface area (Å²) in [5.41, 5.74) is 10.6. The predicted octanol–water partition coefficient (Wildman–Crippen LogP) is -0.685. The Bertz CT molecular complexity index is 350. The summed E-state index contributed by atoms with van der Waals surface area (Å²) in [5.74, 6) is -2.97. The van der Waals surface area contributed by atoms with Gasteiger partial charge in [0.1, 0.15) is 17.3 Å². The monoisotopic (exact) mass is 294 g/mol. The molecule has 0 aromatic carbocycles. The molecule has 0 aliphatic carbocycles. The lowest BCUT2D eigenvalue weighted by Gasteiger charge is -2.17. The minimum absolute atomic E-state index is 0.0350. The summed E-state index contributed by atoms with van der Waals surface area (Å²) in [5, 5.41) is 16.3. The van der Waals surface area contributed by atoms with E-state index in [4.69, 9.17) is 21.7 Å². The molecule has 0 fully saturated rings. The van der Waals surface area contributed by atoms with Crippen LogP contribution in [0.4, 0.5) is 0 Å². The van der Waals surface area contributed by atoms with E-state index in [-0.39, 0.29) is 5.75 Å². The number of carboxylic acids is 2. The molecule has 6 N–H and O–H groups in total. The van der Waals surface area contributed by atoms with E-state index in [2.05, 4.69) is 6.58 Å². The first kappa shape index (κ1) is 17.0. The molecule has 0 radical (unpaired) electrons. The summed E-state index contributed by atoms with van der Waals surface area (Å²) >= 11 is 0. The highest BCUT2D eigenvalue weighted by Gasteiger charge is 2.30. The Hall–Kier alpha value is -1.03. The molecule has 3 atom stereocenters. The standard InChI is InChI=1S/C9H14N2O5S2/c1-2-5(12)7(6(11)9(15)16)18-17-3-4(10)8(13)14/h2,4,6-7H,1,3,10-11H2,(H,13,14)(H,15,16). The predicted molar refractivity (Wildman–Crippen MR) is 70.3 cm³/mol. The molecular formula is C9H14N2O5S2. The first-order chi connectivity index (χ1) is 8.31. The van der Waals surface area contributed by atoms with Crippen LogP contribution in [0.3, 0.4) is 0 Å². The van der Waals surface area contributed by atoms with Gasteiger partial charge in [0.2, 0.25) is 0 Å². The van der Waals surface area contributed by atoms with Gasteiger partial charge in [-0.2, -0.15) is 0 Å². The molecule has 0 saturated heterocycles. The van der Waals surface area contributed by atoms with Crippen molar-refractivity contribution >= 4 is 39.3 Å². The molecule has 7 nitrogen and oxygen atoms in total. The van der Waals surface area contributed by atoms with Gasteiger partial charge in [0.15, 0.2) is 5.78 Å². The van der Waals surface area contributed by atoms with Gasteiger partial charge in [-0.05, 0) is 6.08 Å². The van der Waals surface area contributed by atoms with Gasteiger partial charge < -0.3 is 21.7 Å². The lowest BCUT2D eigenvalue weighted by Crippen LogP contribution is -2.43. The maximum Gasteiger partial charge on any atom is 0.322 e. The topological polar surface area (TPSA) is 144 Å². The van der Waals surface area contributed by atoms with Crippen molar-refractivity contribution in [2.45, 2.75) is 17.3 Å². The lowest BCUT2D eigenvalue weighted by molar-refractivity contribution is -0.139. The largest absolute Gasteiger partial charge is 0.480 e. The zero-order valence-corrected chi connectivity index (χ0v) is 10.9. The van der Waals surface area contributed by atoms with Crippen molar-refractivity contribution in [3.05, 3.63) is 12.7 Å². The number of carboxylic acid groups (broad SMARTS) is 2.